The van der Waals surface area contributed by atoms with Crippen LogP contribution in [0.5, 0.6) is 5.75 Å². The molecule has 6 nitrogen and oxygen atoms in total. The lowest BCUT2D eigenvalue weighted by Crippen LogP contribution is -2.38. The minimum Gasteiger partial charge on any atom is -0.490 e. The van der Waals surface area contributed by atoms with Gasteiger partial charge in [0.05, 0.1) is 19.0 Å². The van der Waals surface area contributed by atoms with Crippen molar-refractivity contribution in [1.82, 2.24) is 20.2 Å². The summed E-state index contributed by atoms with van der Waals surface area (Å²) in [5.41, 5.74) is 2.37. The van der Waals surface area contributed by atoms with Crippen LogP contribution in [-0.4, -0.2) is 34.7 Å². The smallest absolute Gasteiger partial charge is 0.191 e. The van der Waals surface area contributed by atoms with Gasteiger partial charge in [-0.05, 0) is 57.6 Å². The first-order chi connectivity index (χ1) is 13.7. The van der Waals surface area contributed by atoms with Gasteiger partial charge in [-0.15, -0.1) is 24.0 Å². The summed E-state index contributed by atoms with van der Waals surface area (Å²) >= 11 is 0. The van der Waals surface area contributed by atoms with Crippen molar-refractivity contribution in [3.8, 4) is 5.75 Å². The molecule has 29 heavy (non-hydrogen) atoms. The average Bonchev–Trinajstić information content (AvgIpc) is 3.38. The summed E-state index contributed by atoms with van der Waals surface area (Å²) in [5, 5.41) is 6.75. The molecule has 1 aliphatic carbocycles. The number of nitrogens with one attached hydrogen (secondary N) is 2. The lowest BCUT2D eigenvalue weighted by Gasteiger charge is -2.17. The summed E-state index contributed by atoms with van der Waals surface area (Å²) in [6, 6.07) is 6.43. The maximum absolute atomic E-state index is 6.30. The summed E-state index contributed by atoms with van der Waals surface area (Å²) in [5.74, 6) is 1.84. The van der Waals surface area contributed by atoms with E-state index in [0.717, 1.165) is 56.2 Å². The minimum atomic E-state index is 0. The number of hydrogen-bond acceptors (Lipinski definition) is 3. The highest BCUT2D eigenvalue weighted by Gasteiger charge is 2.18. The second kappa shape index (κ2) is 12.7. The molecule has 0 unspecified atom stereocenters. The lowest BCUT2D eigenvalue weighted by molar-refractivity contribution is 0.208. The van der Waals surface area contributed by atoms with Crippen molar-refractivity contribution in [1.29, 1.82) is 0 Å². The molecule has 2 aromatic rings. The highest BCUT2D eigenvalue weighted by atomic mass is 127. The number of guanidine groups is 1. The van der Waals surface area contributed by atoms with Crippen LogP contribution in [0.15, 0.2) is 41.9 Å². The van der Waals surface area contributed by atoms with Crippen LogP contribution in [0.25, 0.3) is 0 Å². The molecule has 0 aliphatic heterocycles. The normalized spacial score (nSPS) is 14.5. The molecular weight excluding hydrogens is 477 g/mol. The molecule has 0 atom stereocenters. The number of aliphatic imine (C=N–C) groups is 1. The zero-order valence-corrected chi connectivity index (χ0v) is 19.9. The molecule has 0 saturated heterocycles. The van der Waals surface area contributed by atoms with Crippen molar-refractivity contribution in [3.63, 3.8) is 0 Å². The van der Waals surface area contributed by atoms with E-state index < -0.39 is 0 Å². The van der Waals surface area contributed by atoms with Crippen molar-refractivity contribution < 1.29 is 4.74 Å². The minimum absolute atomic E-state index is 0. The van der Waals surface area contributed by atoms with Crippen LogP contribution in [0.4, 0.5) is 0 Å². The van der Waals surface area contributed by atoms with Crippen LogP contribution in [0.3, 0.4) is 0 Å². The molecule has 1 heterocycles. The Kier molecular flexibility index (Phi) is 10.3. The van der Waals surface area contributed by atoms with Gasteiger partial charge in [0.1, 0.15) is 5.75 Å². The number of imidazole rings is 1. The number of aromatic nitrogens is 2. The molecule has 1 aromatic carbocycles. The van der Waals surface area contributed by atoms with E-state index in [4.69, 9.17) is 9.73 Å². The number of nitrogens with zero attached hydrogens (tertiary/aromatic N) is 3. The summed E-state index contributed by atoms with van der Waals surface area (Å²) in [7, 11) is 0. The predicted molar refractivity (Wildman–Crippen MR) is 129 cm³/mol. The second-order valence-electron chi connectivity index (χ2n) is 7.41. The predicted octanol–water partition coefficient (Wildman–Crippen LogP) is 4.28. The SMILES string of the molecule is CCNC(=NCc1ccc(C)cc1OC1CCCC1)NCCCn1ccnc1.I. The Morgan fingerprint density at radius 2 is 2.10 bits per heavy atom. The zero-order valence-electron chi connectivity index (χ0n) is 17.6. The van der Waals surface area contributed by atoms with E-state index in [1.165, 1.54) is 18.4 Å². The first kappa shape index (κ1) is 23.5. The van der Waals surface area contributed by atoms with Crippen LogP contribution in [0.2, 0.25) is 0 Å². The standard InChI is InChI=1S/C22H33N5O.HI/c1-3-24-22(25-11-6-13-27-14-12-23-17-27)26-16-19-10-9-18(2)15-21(19)28-20-7-4-5-8-20;/h9-10,12,14-15,17,20H,3-8,11,13,16H2,1-2H3,(H2,24,25,26);1H. The molecule has 160 valence electrons. The number of ether oxygens (including phenoxy) is 1. The molecule has 0 amide bonds. The van der Waals surface area contributed by atoms with E-state index in [1.54, 1.807) is 0 Å². The summed E-state index contributed by atoms with van der Waals surface area (Å²) in [4.78, 5) is 8.85. The van der Waals surface area contributed by atoms with Gasteiger partial charge < -0.3 is 19.9 Å². The monoisotopic (exact) mass is 511 g/mol. The van der Waals surface area contributed by atoms with Gasteiger partial charge in [-0.1, -0.05) is 12.1 Å². The molecular formula is C22H34IN5O. The van der Waals surface area contributed by atoms with Crippen molar-refractivity contribution in [2.75, 3.05) is 13.1 Å². The van der Waals surface area contributed by atoms with Crippen LogP contribution in [-0.2, 0) is 13.1 Å². The van der Waals surface area contributed by atoms with Crippen LogP contribution >= 0.6 is 24.0 Å². The van der Waals surface area contributed by atoms with Gasteiger partial charge in [-0.25, -0.2) is 9.98 Å². The average molecular weight is 511 g/mol. The Balaban J connectivity index is 0.00000300. The first-order valence-corrected chi connectivity index (χ1v) is 10.5. The second-order valence-corrected chi connectivity index (χ2v) is 7.41. The van der Waals surface area contributed by atoms with Crippen molar-refractivity contribution in [3.05, 3.63) is 48.0 Å². The van der Waals surface area contributed by atoms with Crippen LogP contribution in [0.1, 0.15) is 50.2 Å². The van der Waals surface area contributed by atoms with Gasteiger partial charge in [0.2, 0.25) is 0 Å². The molecule has 0 bridgehead atoms. The Bertz CT molecular complexity index is 742. The van der Waals surface area contributed by atoms with E-state index in [-0.39, 0.29) is 24.0 Å². The number of rotatable bonds is 9. The fourth-order valence-electron chi connectivity index (χ4n) is 3.48. The van der Waals surface area contributed by atoms with Crippen LogP contribution in [0, 0.1) is 6.92 Å². The van der Waals surface area contributed by atoms with Crippen LogP contribution < -0.4 is 15.4 Å². The molecule has 0 radical (unpaired) electrons. The quantitative estimate of drug-likeness (QED) is 0.229. The van der Waals surface area contributed by atoms with E-state index in [2.05, 4.69) is 52.2 Å². The van der Waals surface area contributed by atoms with Gasteiger partial charge in [0.25, 0.3) is 0 Å². The van der Waals surface area contributed by atoms with Crippen molar-refractivity contribution >= 4 is 29.9 Å². The molecule has 1 aromatic heterocycles. The Morgan fingerprint density at radius 1 is 1.28 bits per heavy atom. The van der Waals surface area contributed by atoms with Gasteiger partial charge >= 0.3 is 0 Å². The summed E-state index contributed by atoms with van der Waals surface area (Å²) < 4.78 is 8.39. The lowest BCUT2D eigenvalue weighted by atomic mass is 10.1. The molecule has 0 spiro atoms. The third kappa shape index (κ3) is 7.87. The molecule has 3 rings (SSSR count). The van der Waals surface area contributed by atoms with Gasteiger partial charge in [0, 0.05) is 37.6 Å². The number of aryl methyl sites for hydroxylation is 2. The molecule has 1 saturated carbocycles. The Hall–Kier alpha value is -1.77. The maximum atomic E-state index is 6.30. The summed E-state index contributed by atoms with van der Waals surface area (Å²) in [6.45, 7) is 7.46. The number of benzene rings is 1. The van der Waals surface area contributed by atoms with Crippen molar-refractivity contribution in [2.24, 2.45) is 4.99 Å². The highest BCUT2D eigenvalue weighted by molar-refractivity contribution is 14.0. The first-order valence-electron chi connectivity index (χ1n) is 10.5. The van der Waals surface area contributed by atoms with E-state index >= 15 is 0 Å². The fraction of sp³-hybridized carbons (Fsp3) is 0.545. The van der Waals surface area contributed by atoms with E-state index in [0.29, 0.717) is 12.6 Å². The third-order valence-electron chi connectivity index (χ3n) is 5.01. The zero-order chi connectivity index (χ0) is 19.6. The molecule has 7 heteroatoms. The largest absolute Gasteiger partial charge is 0.490 e. The van der Waals surface area contributed by atoms with E-state index in [1.807, 2.05) is 18.7 Å². The number of halogens is 1. The molecule has 1 aliphatic rings. The van der Waals surface area contributed by atoms with E-state index in [9.17, 15) is 0 Å². The molecule has 1 fully saturated rings. The molecule has 2 N–H and O–H groups in total. The Labute approximate surface area is 191 Å². The maximum Gasteiger partial charge on any atom is 0.191 e. The number of hydrogen-bond donors (Lipinski definition) is 2. The van der Waals surface area contributed by atoms with Crippen molar-refractivity contribution in [2.45, 2.75) is 65.1 Å². The fourth-order valence-corrected chi connectivity index (χ4v) is 3.48. The Morgan fingerprint density at radius 3 is 2.83 bits per heavy atom. The van der Waals surface area contributed by atoms with Gasteiger partial charge in [-0.2, -0.15) is 0 Å². The summed E-state index contributed by atoms with van der Waals surface area (Å²) in [6.07, 6.45) is 11.9. The highest BCUT2D eigenvalue weighted by Crippen LogP contribution is 2.28. The van der Waals surface area contributed by atoms with Gasteiger partial charge in [0.15, 0.2) is 5.96 Å². The van der Waals surface area contributed by atoms with Gasteiger partial charge in [-0.3, -0.25) is 0 Å². The topological polar surface area (TPSA) is 63.5 Å². The third-order valence-corrected chi connectivity index (χ3v) is 5.01.